The van der Waals surface area contributed by atoms with Gasteiger partial charge in [0.2, 0.25) is 0 Å². The summed E-state index contributed by atoms with van der Waals surface area (Å²) < 4.78 is 9.51. The Balaban J connectivity index is 1.48. The molecule has 1 atom stereocenters. The molecular formula is C47H39NOSi. The van der Waals surface area contributed by atoms with E-state index in [0.717, 1.165) is 33.3 Å². The van der Waals surface area contributed by atoms with E-state index in [-0.39, 0.29) is 0 Å². The SMILES string of the molecule is C=CC=CC1=C(C)C(=C)C(=CC=C)C12c1ccccc1-c1c2ccc2c3ccccc3n(-c3cccc4c3oc3c([Si](C)(C)C)cccc34)c12. The molecule has 1 spiro atoms. The van der Waals surface area contributed by atoms with Gasteiger partial charge in [-0.3, -0.25) is 0 Å². The second kappa shape index (κ2) is 10.7. The summed E-state index contributed by atoms with van der Waals surface area (Å²) in [7, 11) is -1.68. The topological polar surface area (TPSA) is 18.1 Å². The average Bonchev–Trinajstić information content (AvgIpc) is 3.81. The summed E-state index contributed by atoms with van der Waals surface area (Å²) in [6, 6.07) is 35.7. The maximum atomic E-state index is 7.04. The number of furan rings is 1. The van der Waals surface area contributed by atoms with Crippen LogP contribution in [0.1, 0.15) is 18.1 Å². The van der Waals surface area contributed by atoms with Crippen molar-refractivity contribution in [2.24, 2.45) is 0 Å². The molecule has 0 fully saturated rings. The Morgan fingerprint density at radius 1 is 0.720 bits per heavy atom. The van der Waals surface area contributed by atoms with Crippen molar-refractivity contribution in [3.8, 4) is 16.8 Å². The van der Waals surface area contributed by atoms with Crippen molar-refractivity contribution in [2.75, 3.05) is 0 Å². The van der Waals surface area contributed by atoms with Gasteiger partial charge in [-0.25, -0.2) is 0 Å². The van der Waals surface area contributed by atoms with Crippen LogP contribution in [-0.2, 0) is 5.41 Å². The Morgan fingerprint density at radius 2 is 1.44 bits per heavy atom. The molecule has 5 aromatic carbocycles. The number of hydrogen-bond donors (Lipinski definition) is 0. The van der Waals surface area contributed by atoms with Crippen LogP contribution in [0.15, 0.2) is 174 Å². The Bertz CT molecular complexity index is 2750. The van der Waals surface area contributed by atoms with E-state index < -0.39 is 13.5 Å². The van der Waals surface area contributed by atoms with E-state index in [1.807, 2.05) is 12.2 Å². The molecule has 0 aliphatic heterocycles. The molecule has 3 heteroatoms. The Kier molecular flexibility index (Phi) is 6.50. The van der Waals surface area contributed by atoms with Crippen LogP contribution < -0.4 is 5.19 Å². The molecule has 0 radical (unpaired) electrons. The van der Waals surface area contributed by atoms with E-state index in [0.29, 0.717) is 0 Å². The lowest BCUT2D eigenvalue weighted by Gasteiger charge is -2.32. The zero-order valence-electron chi connectivity index (χ0n) is 29.1. The number of allylic oxidation sites excluding steroid dienone is 9. The normalized spacial score (nSPS) is 18.2. The van der Waals surface area contributed by atoms with E-state index in [1.54, 1.807) is 0 Å². The predicted molar refractivity (Wildman–Crippen MR) is 217 cm³/mol. The zero-order valence-corrected chi connectivity index (χ0v) is 30.1. The molecule has 7 aromatic rings. The molecule has 2 heterocycles. The molecule has 0 bridgehead atoms. The van der Waals surface area contributed by atoms with E-state index in [1.165, 1.54) is 65.8 Å². The summed E-state index contributed by atoms with van der Waals surface area (Å²) in [5.41, 5.74) is 14.4. The Labute approximate surface area is 294 Å². The fourth-order valence-corrected chi connectivity index (χ4v) is 10.5. The highest BCUT2D eigenvalue weighted by Gasteiger charge is 2.53. The van der Waals surface area contributed by atoms with E-state index in [4.69, 9.17) is 4.42 Å². The molecule has 0 saturated heterocycles. The van der Waals surface area contributed by atoms with Crippen LogP contribution in [0.2, 0.25) is 19.6 Å². The second-order valence-electron chi connectivity index (χ2n) is 14.6. The highest BCUT2D eigenvalue weighted by molar-refractivity contribution is 6.90. The Morgan fingerprint density at radius 3 is 2.22 bits per heavy atom. The fraction of sp³-hybridized carbons (Fsp3) is 0.106. The number of aromatic nitrogens is 1. The van der Waals surface area contributed by atoms with Gasteiger partial charge in [-0.1, -0.05) is 155 Å². The average molecular weight is 662 g/mol. The summed E-state index contributed by atoms with van der Waals surface area (Å²) in [6.45, 7) is 22.2. The highest BCUT2D eigenvalue weighted by atomic mass is 28.3. The minimum absolute atomic E-state index is 0.548. The van der Waals surface area contributed by atoms with Crippen LogP contribution in [-0.4, -0.2) is 12.6 Å². The molecule has 1 unspecified atom stereocenters. The largest absolute Gasteiger partial charge is 0.454 e. The van der Waals surface area contributed by atoms with Crippen LogP contribution in [0.4, 0.5) is 0 Å². The molecule has 242 valence electrons. The minimum atomic E-state index is -1.68. The lowest BCUT2D eigenvalue weighted by atomic mass is 9.69. The molecule has 2 aliphatic carbocycles. The van der Waals surface area contributed by atoms with Crippen molar-refractivity contribution in [2.45, 2.75) is 32.0 Å². The van der Waals surface area contributed by atoms with E-state index >= 15 is 0 Å². The van der Waals surface area contributed by atoms with Gasteiger partial charge in [-0.2, -0.15) is 0 Å². The second-order valence-corrected chi connectivity index (χ2v) is 19.7. The number of fused-ring (bicyclic) bond motifs is 12. The van der Waals surface area contributed by atoms with Gasteiger partial charge in [0.15, 0.2) is 5.58 Å². The molecule has 0 amide bonds. The number of nitrogens with zero attached hydrogens (tertiary/aromatic N) is 1. The summed E-state index contributed by atoms with van der Waals surface area (Å²) in [5, 5.41) is 6.11. The maximum absolute atomic E-state index is 7.04. The molecule has 0 saturated carbocycles. The third kappa shape index (κ3) is 3.78. The van der Waals surface area contributed by atoms with Gasteiger partial charge in [0.1, 0.15) is 5.58 Å². The molecule has 50 heavy (non-hydrogen) atoms. The monoisotopic (exact) mass is 661 g/mol. The first-order chi connectivity index (χ1) is 24.2. The zero-order chi connectivity index (χ0) is 34.5. The van der Waals surface area contributed by atoms with Crippen LogP contribution in [0.25, 0.3) is 60.6 Å². The number of rotatable bonds is 5. The van der Waals surface area contributed by atoms with Gasteiger partial charge in [-0.15, -0.1) is 0 Å². The molecule has 2 aliphatic rings. The Hall–Kier alpha value is -5.64. The van der Waals surface area contributed by atoms with Crippen LogP contribution in [0.3, 0.4) is 0 Å². The van der Waals surface area contributed by atoms with Crippen molar-refractivity contribution in [1.82, 2.24) is 4.57 Å². The van der Waals surface area contributed by atoms with E-state index in [9.17, 15) is 0 Å². The maximum Gasteiger partial charge on any atom is 0.159 e. The van der Waals surface area contributed by atoms with Gasteiger partial charge < -0.3 is 8.98 Å². The number of benzene rings is 5. The summed E-state index contributed by atoms with van der Waals surface area (Å²) in [4.78, 5) is 0. The minimum Gasteiger partial charge on any atom is -0.454 e. The van der Waals surface area contributed by atoms with Crippen molar-refractivity contribution >= 4 is 57.0 Å². The summed E-state index contributed by atoms with van der Waals surface area (Å²) >= 11 is 0. The highest BCUT2D eigenvalue weighted by Crippen LogP contribution is 2.64. The van der Waals surface area contributed by atoms with Gasteiger partial charge in [0.25, 0.3) is 0 Å². The molecular weight excluding hydrogens is 623 g/mol. The first-order valence-corrected chi connectivity index (χ1v) is 20.9. The van der Waals surface area contributed by atoms with Crippen molar-refractivity contribution in [1.29, 1.82) is 0 Å². The van der Waals surface area contributed by atoms with Gasteiger partial charge in [0.05, 0.1) is 30.2 Å². The first kappa shape index (κ1) is 30.4. The van der Waals surface area contributed by atoms with Crippen molar-refractivity contribution in [3.05, 3.63) is 181 Å². The lowest BCUT2D eigenvalue weighted by molar-refractivity contribution is 0.668. The first-order valence-electron chi connectivity index (χ1n) is 17.4. The molecule has 2 aromatic heterocycles. The van der Waals surface area contributed by atoms with Gasteiger partial charge >= 0.3 is 0 Å². The van der Waals surface area contributed by atoms with Crippen LogP contribution >= 0.6 is 0 Å². The third-order valence-corrected chi connectivity index (χ3v) is 13.1. The van der Waals surface area contributed by atoms with Crippen molar-refractivity contribution < 1.29 is 4.42 Å². The number of hydrogen-bond acceptors (Lipinski definition) is 1. The quantitative estimate of drug-likeness (QED) is 0.133. The summed E-state index contributed by atoms with van der Waals surface area (Å²) in [5.74, 6) is 0. The molecule has 2 nitrogen and oxygen atoms in total. The smallest absolute Gasteiger partial charge is 0.159 e. The van der Waals surface area contributed by atoms with Crippen molar-refractivity contribution in [3.63, 3.8) is 0 Å². The summed E-state index contributed by atoms with van der Waals surface area (Å²) in [6.07, 6.45) is 10.2. The molecule has 0 N–H and O–H groups in total. The number of para-hydroxylation sites is 3. The fourth-order valence-electron chi connectivity index (χ4n) is 8.99. The van der Waals surface area contributed by atoms with Gasteiger partial charge in [0, 0.05) is 27.1 Å². The standard InChI is InChI=1S/C47H39NOSi/c1-8-10-22-37-30(4)29(3)36(17-9-2)47(37)38-23-13-11-19-35(38)43-39(47)28-27-32-31-18-12-14-24-40(31)48(44(32)43)41-25-15-20-33-34-21-16-26-42(50(5,6)7)46(34)49-45(33)41/h8-28H,1-3H2,4-7H3. The van der Waals surface area contributed by atoms with Crippen LogP contribution in [0, 0.1) is 0 Å². The predicted octanol–water partition coefficient (Wildman–Crippen LogP) is 12.2. The lowest BCUT2D eigenvalue weighted by Crippen LogP contribution is -2.37. The van der Waals surface area contributed by atoms with E-state index in [2.05, 4.69) is 166 Å². The molecule has 9 rings (SSSR count). The van der Waals surface area contributed by atoms with Gasteiger partial charge in [-0.05, 0) is 63.2 Å². The third-order valence-electron chi connectivity index (χ3n) is 11.1. The van der Waals surface area contributed by atoms with Crippen LogP contribution in [0.5, 0.6) is 0 Å².